The number of hydrogen-bond donors (Lipinski definition) is 1. The highest BCUT2D eigenvalue weighted by atomic mass is 15.0. The first kappa shape index (κ1) is 17.7. The van der Waals surface area contributed by atoms with E-state index in [1.807, 2.05) is 0 Å². The maximum absolute atomic E-state index is 3.91. The highest BCUT2D eigenvalue weighted by Crippen LogP contribution is 2.17. The molecule has 0 spiro atoms. The molecule has 0 rings (SSSR count). The van der Waals surface area contributed by atoms with Crippen LogP contribution >= 0.6 is 0 Å². The summed E-state index contributed by atoms with van der Waals surface area (Å²) in [6, 6.07) is 1.31. The zero-order valence-corrected chi connectivity index (χ0v) is 13.7. The SMILES string of the molecule is C/C=C(\C)CC(NC(CCC)CC(C)C)C(C)C. The standard InChI is InChI=1S/C17H35N/c1-8-10-16(11-13(3)4)18-17(14(5)6)12-15(7)9-2/h9,13-14,16-18H,8,10-12H2,1-7H3/b15-9+. The van der Waals surface area contributed by atoms with E-state index >= 15 is 0 Å². The first-order valence-corrected chi connectivity index (χ1v) is 7.78. The van der Waals surface area contributed by atoms with E-state index in [-0.39, 0.29) is 0 Å². The Morgan fingerprint density at radius 1 is 1.17 bits per heavy atom. The molecule has 0 aromatic rings. The maximum Gasteiger partial charge on any atom is 0.0130 e. The summed E-state index contributed by atoms with van der Waals surface area (Å²) in [7, 11) is 0. The molecule has 1 heteroatoms. The van der Waals surface area contributed by atoms with Crippen molar-refractivity contribution < 1.29 is 0 Å². The van der Waals surface area contributed by atoms with E-state index in [1.54, 1.807) is 0 Å². The maximum atomic E-state index is 3.91. The molecule has 0 aliphatic heterocycles. The van der Waals surface area contributed by atoms with Crippen molar-refractivity contribution in [3.63, 3.8) is 0 Å². The van der Waals surface area contributed by atoms with E-state index in [0.717, 1.165) is 5.92 Å². The summed E-state index contributed by atoms with van der Waals surface area (Å²) in [5.41, 5.74) is 1.50. The number of rotatable bonds is 9. The molecule has 0 fully saturated rings. The molecule has 0 saturated carbocycles. The summed E-state index contributed by atoms with van der Waals surface area (Å²) in [4.78, 5) is 0. The molecule has 1 N–H and O–H groups in total. The van der Waals surface area contributed by atoms with Crippen molar-refractivity contribution in [1.29, 1.82) is 0 Å². The van der Waals surface area contributed by atoms with Gasteiger partial charge >= 0.3 is 0 Å². The smallest absolute Gasteiger partial charge is 0.0130 e. The van der Waals surface area contributed by atoms with Gasteiger partial charge in [-0.1, -0.05) is 52.7 Å². The molecule has 0 amide bonds. The first-order valence-electron chi connectivity index (χ1n) is 7.78. The molecule has 2 unspecified atom stereocenters. The van der Waals surface area contributed by atoms with Gasteiger partial charge in [-0.05, 0) is 44.9 Å². The van der Waals surface area contributed by atoms with Crippen LogP contribution in [0.2, 0.25) is 0 Å². The largest absolute Gasteiger partial charge is 0.311 e. The van der Waals surface area contributed by atoms with Crippen molar-refractivity contribution in [2.75, 3.05) is 0 Å². The zero-order chi connectivity index (χ0) is 14.1. The van der Waals surface area contributed by atoms with Crippen molar-refractivity contribution in [3.8, 4) is 0 Å². The molecule has 0 aliphatic carbocycles. The molecule has 18 heavy (non-hydrogen) atoms. The zero-order valence-electron chi connectivity index (χ0n) is 13.7. The summed E-state index contributed by atoms with van der Waals surface area (Å²) in [6.07, 6.45) is 7.31. The van der Waals surface area contributed by atoms with Gasteiger partial charge in [0.25, 0.3) is 0 Å². The fourth-order valence-electron chi connectivity index (χ4n) is 2.44. The Labute approximate surface area is 115 Å². The molecule has 0 aromatic heterocycles. The molecule has 0 saturated heterocycles. The van der Waals surface area contributed by atoms with E-state index in [2.05, 4.69) is 59.9 Å². The second-order valence-electron chi connectivity index (χ2n) is 6.47. The Morgan fingerprint density at radius 3 is 2.17 bits per heavy atom. The molecule has 108 valence electrons. The van der Waals surface area contributed by atoms with Crippen molar-refractivity contribution in [3.05, 3.63) is 11.6 Å². The Bertz CT molecular complexity index is 228. The molecule has 2 atom stereocenters. The van der Waals surface area contributed by atoms with Crippen molar-refractivity contribution in [1.82, 2.24) is 5.32 Å². The summed E-state index contributed by atoms with van der Waals surface area (Å²) in [6.45, 7) is 16.0. The summed E-state index contributed by atoms with van der Waals surface area (Å²) < 4.78 is 0. The minimum absolute atomic E-state index is 0.622. The van der Waals surface area contributed by atoms with Crippen LogP contribution in [0.15, 0.2) is 11.6 Å². The van der Waals surface area contributed by atoms with E-state index in [4.69, 9.17) is 0 Å². The second-order valence-corrected chi connectivity index (χ2v) is 6.47. The van der Waals surface area contributed by atoms with Crippen LogP contribution in [0.3, 0.4) is 0 Å². The molecular weight excluding hydrogens is 218 g/mol. The van der Waals surface area contributed by atoms with E-state index in [0.29, 0.717) is 18.0 Å². The van der Waals surface area contributed by atoms with Gasteiger partial charge in [0, 0.05) is 12.1 Å². The third kappa shape index (κ3) is 7.92. The van der Waals surface area contributed by atoms with Gasteiger partial charge in [-0.15, -0.1) is 0 Å². The van der Waals surface area contributed by atoms with E-state index in [1.165, 1.54) is 31.3 Å². The van der Waals surface area contributed by atoms with Crippen LogP contribution in [0.5, 0.6) is 0 Å². The van der Waals surface area contributed by atoms with Crippen molar-refractivity contribution >= 4 is 0 Å². The lowest BCUT2D eigenvalue weighted by molar-refractivity contribution is 0.305. The van der Waals surface area contributed by atoms with Crippen LogP contribution in [0, 0.1) is 11.8 Å². The van der Waals surface area contributed by atoms with Crippen LogP contribution in [-0.2, 0) is 0 Å². The predicted octanol–water partition coefficient (Wildman–Crippen LogP) is 5.17. The van der Waals surface area contributed by atoms with Gasteiger partial charge in [0.05, 0.1) is 0 Å². The van der Waals surface area contributed by atoms with Crippen LogP contribution in [0.25, 0.3) is 0 Å². The molecule has 1 nitrogen and oxygen atoms in total. The van der Waals surface area contributed by atoms with Crippen LogP contribution in [0.4, 0.5) is 0 Å². The minimum Gasteiger partial charge on any atom is -0.311 e. The first-order chi connectivity index (χ1) is 8.40. The predicted molar refractivity (Wildman–Crippen MR) is 84.0 cm³/mol. The molecule has 0 aliphatic rings. The van der Waals surface area contributed by atoms with E-state index in [9.17, 15) is 0 Å². The van der Waals surface area contributed by atoms with Gasteiger partial charge in [0.2, 0.25) is 0 Å². The van der Waals surface area contributed by atoms with Gasteiger partial charge in [0.15, 0.2) is 0 Å². The average molecular weight is 253 g/mol. The summed E-state index contributed by atoms with van der Waals surface area (Å²) in [5, 5.41) is 3.91. The van der Waals surface area contributed by atoms with Crippen LogP contribution < -0.4 is 5.32 Å². The van der Waals surface area contributed by atoms with E-state index < -0.39 is 0 Å². The monoisotopic (exact) mass is 253 g/mol. The highest BCUT2D eigenvalue weighted by molar-refractivity contribution is 5.00. The highest BCUT2D eigenvalue weighted by Gasteiger charge is 2.18. The Kier molecular flexibility index (Phi) is 9.45. The lowest BCUT2D eigenvalue weighted by atomic mass is 9.93. The van der Waals surface area contributed by atoms with Crippen LogP contribution in [0.1, 0.15) is 74.1 Å². The van der Waals surface area contributed by atoms with Gasteiger partial charge in [-0.25, -0.2) is 0 Å². The molecular formula is C17H35N. The summed E-state index contributed by atoms with van der Waals surface area (Å²) >= 11 is 0. The number of nitrogens with one attached hydrogen (secondary N) is 1. The quantitative estimate of drug-likeness (QED) is 0.559. The average Bonchev–Trinajstić information content (AvgIpc) is 2.27. The Hall–Kier alpha value is -0.300. The normalized spacial score (nSPS) is 16.4. The third-order valence-electron chi connectivity index (χ3n) is 3.68. The van der Waals surface area contributed by atoms with Gasteiger partial charge in [0.1, 0.15) is 0 Å². The Morgan fingerprint density at radius 2 is 1.78 bits per heavy atom. The molecule has 0 radical (unpaired) electrons. The Balaban J connectivity index is 4.49. The number of hydrogen-bond acceptors (Lipinski definition) is 1. The fraction of sp³-hybridized carbons (Fsp3) is 0.882. The van der Waals surface area contributed by atoms with Gasteiger partial charge in [-0.2, -0.15) is 0 Å². The molecule has 0 bridgehead atoms. The van der Waals surface area contributed by atoms with Crippen LogP contribution in [-0.4, -0.2) is 12.1 Å². The van der Waals surface area contributed by atoms with Crippen molar-refractivity contribution in [2.45, 2.75) is 86.2 Å². The minimum atomic E-state index is 0.622. The summed E-state index contributed by atoms with van der Waals surface area (Å²) in [5.74, 6) is 1.48. The third-order valence-corrected chi connectivity index (χ3v) is 3.68. The molecule has 0 heterocycles. The lowest BCUT2D eigenvalue weighted by Crippen LogP contribution is -2.42. The van der Waals surface area contributed by atoms with Crippen molar-refractivity contribution in [2.24, 2.45) is 11.8 Å². The number of allylic oxidation sites excluding steroid dienone is 1. The van der Waals surface area contributed by atoms with Gasteiger partial charge in [-0.3, -0.25) is 0 Å². The topological polar surface area (TPSA) is 12.0 Å². The lowest BCUT2D eigenvalue weighted by Gasteiger charge is -2.30. The fourth-order valence-corrected chi connectivity index (χ4v) is 2.44. The second kappa shape index (κ2) is 9.61. The molecule has 0 aromatic carbocycles. The van der Waals surface area contributed by atoms with Gasteiger partial charge < -0.3 is 5.32 Å².